The van der Waals surface area contributed by atoms with Crippen LogP contribution in [-0.2, 0) is 5.41 Å². The number of phenolic OH excluding ortho intramolecular Hbond substituents is 1. The number of rotatable bonds is 3. The van der Waals surface area contributed by atoms with E-state index in [0.717, 1.165) is 6.07 Å². The molecule has 0 aliphatic heterocycles. The summed E-state index contributed by atoms with van der Waals surface area (Å²) < 4.78 is 13.3. The molecule has 0 spiro atoms. The summed E-state index contributed by atoms with van der Waals surface area (Å²) >= 11 is 0. The topological polar surface area (TPSA) is 63.4 Å². The van der Waals surface area contributed by atoms with Gasteiger partial charge in [0.15, 0.2) is 11.6 Å². The number of nitrogens with zero attached hydrogens (tertiary/aromatic N) is 1. The Morgan fingerprint density at radius 1 is 1.50 bits per heavy atom. The first kappa shape index (κ1) is 12.4. The van der Waals surface area contributed by atoms with Crippen LogP contribution in [0.5, 0.6) is 5.75 Å². The Hall–Kier alpha value is -1.65. The maximum Gasteiger partial charge on any atom is 0.272 e. The van der Waals surface area contributed by atoms with E-state index < -0.39 is 21.9 Å². The van der Waals surface area contributed by atoms with Crippen LogP contribution in [0.3, 0.4) is 0 Å². The van der Waals surface area contributed by atoms with E-state index in [9.17, 15) is 19.6 Å². The zero-order valence-electron chi connectivity index (χ0n) is 9.45. The van der Waals surface area contributed by atoms with Crippen LogP contribution in [0.2, 0.25) is 0 Å². The molecule has 0 amide bonds. The summed E-state index contributed by atoms with van der Waals surface area (Å²) in [5.74, 6) is -1.46. The number of non-ortho nitro benzene ring substituents is 1. The van der Waals surface area contributed by atoms with Gasteiger partial charge in [-0.25, -0.2) is 4.39 Å². The van der Waals surface area contributed by atoms with E-state index in [0.29, 0.717) is 6.42 Å². The van der Waals surface area contributed by atoms with Crippen LogP contribution in [0, 0.1) is 15.9 Å². The molecule has 0 unspecified atom stereocenters. The third-order valence-electron chi connectivity index (χ3n) is 2.87. The molecule has 0 aliphatic carbocycles. The Kier molecular flexibility index (Phi) is 3.16. The van der Waals surface area contributed by atoms with Crippen molar-refractivity contribution in [2.45, 2.75) is 32.6 Å². The molecule has 0 saturated carbocycles. The van der Waals surface area contributed by atoms with Gasteiger partial charge in [0, 0.05) is 11.6 Å². The second-order valence-electron chi connectivity index (χ2n) is 4.32. The van der Waals surface area contributed by atoms with Crippen molar-refractivity contribution in [3.05, 3.63) is 33.6 Å². The lowest BCUT2D eigenvalue weighted by molar-refractivity contribution is -0.385. The number of aromatic hydroxyl groups is 1. The molecule has 0 heterocycles. The Labute approximate surface area is 92.9 Å². The normalized spacial score (nSPS) is 11.5. The summed E-state index contributed by atoms with van der Waals surface area (Å²) in [6.45, 7) is 5.46. The minimum atomic E-state index is -0.953. The molecule has 5 heteroatoms. The molecule has 0 atom stereocenters. The van der Waals surface area contributed by atoms with E-state index in [-0.39, 0.29) is 11.3 Å². The van der Waals surface area contributed by atoms with Gasteiger partial charge < -0.3 is 5.11 Å². The Morgan fingerprint density at radius 2 is 2.06 bits per heavy atom. The Morgan fingerprint density at radius 3 is 2.50 bits per heavy atom. The van der Waals surface area contributed by atoms with E-state index in [1.165, 1.54) is 6.07 Å². The van der Waals surface area contributed by atoms with Gasteiger partial charge in [-0.3, -0.25) is 10.1 Å². The van der Waals surface area contributed by atoms with Gasteiger partial charge in [0.1, 0.15) is 0 Å². The molecule has 0 saturated heterocycles. The van der Waals surface area contributed by atoms with E-state index in [2.05, 4.69) is 0 Å². The highest BCUT2D eigenvalue weighted by Gasteiger charge is 2.27. The van der Waals surface area contributed by atoms with Crippen LogP contribution < -0.4 is 0 Å². The summed E-state index contributed by atoms with van der Waals surface area (Å²) in [5.41, 5.74) is -0.578. The lowest BCUT2D eigenvalue weighted by atomic mass is 9.81. The molecule has 0 aromatic heterocycles. The van der Waals surface area contributed by atoms with Crippen molar-refractivity contribution in [3.63, 3.8) is 0 Å². The highest BCUT2D eigenvalue weighted by Crippen LogP contribution is 2.37. The van der Waals surface area contributed by atoms with E-state index in [1.807, 2.05) is 6.92 Å². The van der Waals surface area contributed by atoms with E-state index in [4.69, 9.17) is 0 Å². The molecule has 16 heavy (non-hydrogen) atoms. The fourth-order valence-electron chi connectivity index (χ4n) is 1.40. The van der Waals surface area contributed by atoms with Gasteiger partial charge in [0.2, 0.25) is 0 Å². The summed E-state index contributed by atoms with van der Waals surface area (Å²) in [7, 11) is 0. The summed E-state index contributed by atoms with van der Waals surface area (Å²) in [6.07, 6.45) is 0.640. The Balaban J connectivity index is 3.44. The second kappa shape index (κ2) is 4.08. The molecule has 0 aliphatic rings. The number of nitro benzene ring substituents is 1. The monoisotopic (exact) mass is 227 g/mol. The zero-order chi connectivity index (χ0) is 12.5. The first-order chi connectivity index (χ1) is 7.29. The standard InChI is InChI=1S/C11H14FNO3/c1-4-11(2,3)8-5-7(13(15)16)6-9(12)10(8)14/h5-6,14H,4H2,1-3H3. The van der Waals surface area contributed by atoms with Gasteiger partial charge in [-0.05, 0) is 11.8 Å². The highest BCUT2D eigenvalue weighted by atomic mass is 19.1. The van der Waals surface area contributed by atoms with Crippen molar-refractivity contribution in [2.75, 3.05) is 0 Å². The number of nitro groups is 1. The highest BCUT2D eigenvalue weighted by molar-refractivity contribution is 5.47. The number of benzene rings is 1. The van der Waals surface area contributed by atoms with Crippen molar-refractivity contribution < 1.29 is 14.4 Å². The molecular formula is C11H14FNO3. The minimum absolute atomic E-state index is 0.265. The first-order valence-corrected chi connectivity index (χ1v) is 4.97. The van der Waals surface area contributed by atoms with Gasteiger partial charge in [0.25, 0.3) is 5.69 Å². The zero-order valence-corrected chi connectivity index (χ0v) is 9.45. The van der Waals surface area contributed by atoms with Crippen LogP contribution in [0.25, 0.3) is 0 Å². The third kappa shape index (κ3) is 2.13. The maximum atomic E-state index is 13.3. The fourth-order valence-corrected chi connectivity index (χ4v) is 1.40. The average molecular weight is 227 g/mol. The third-order valence-corrected chi connectivity index (χ3v) is 2.87. The van der Waals surface area contributed by atoms with Gasteiger partial charge in [-0.15, -0.1) is 0 Å². The Bertz CT molecular complexity index is 429. The van der Waals surface area contributed by atoms with Crippen molar-refractivity contribution in [1.29, 1.82) is 0 Å². The van der Waals surface area contributed by atoms with Crippen LogP contribution >= 0.6 is 0 Å². The lowest BCUT2D eigenvalue weighted by Crippen LogP contribution is -2.16. The smallest absolute Gasteiger partial charge is 0.272 e. The second-order valence-corrected chi connectivity index (χ2v) is 4.32. The van der Waals surface area contributed by atoms with E-state index in [1.54, 1.807) is 13.8 Å². The van der Waals surface area contributed by atoms with Gasteiger partial charge in [0.05, 0.1) is 11.0 Å². The van der Waals surface area contributed by atoms with Crippen LogP contribution in [0.4, 0.5) is 10.1 Å². The van der Waals surface area contributed by atoms with Crippen molar-refractivity contribution >= 4 is 5.69 Å². The van der Waals surface area contributed by atoms with Gasteiger partial charge in [-0.1, -0.05) is 20.8 Å². The summed E-state index contributed by atoms with van der Waals surface area (Å²) in [6, 6.07) is 1.95. The number of halogens is 1. The molecule has 4 nitrogen and oxygen atoms in total. The molecular weight excluding hydrogens is 213 g/mol. The summed E-state index contributed by atoms with van der Waals surface area (Å²) in [4.78, 5) is 9.92. The van der Waals surface area contributed by atoms with Crippen LogP contribution in [-0.4, -0.2) is 10.0 Å². The fraction of sp³-hybridized carbons (Fsp3) is 0.455. The number of hydrogen-bond acceptors (Lipinski definition) is 3. The molecule has 1 rings (SSSR count). The van der Waals surface area contributed by atoms with Crippen LogP contribution in [0.15, 0.2) is 12.1 Å². The molecule has 1 aromatic rings. The molecule has 0 bridgehead atoms. The molecule has 1 aromatic carbocycles. The molecule has 0 fully saturated rings. The SMILES string of the molecule is CCC(C)(C)c1cc([N+](=O)[O-])cc(F)c1O. The predicted molar refractivity (Wildman–Crippen MR) is 58.0 cm³/mol. The van der Waals surface area contributed by atoms with E-state index >= 15 is 0 Å². The quantitative estimate of drug-likeness (QED) is 0.637. The number of phenols is 1. The number of hydrogen-bond donors (Lipinski definition) is 1. The minimum Gasteiger partial charge on any atom is -0.505 e. The van der Waals surface area contributed by atoms with Crippen molar-refractivity contribution in [1.82, 2.24) is 0 Å². The maximum absolute atomic E-state index is 13.3. The average Bonchev–Trinajstić information content (AvgIpc) is 2.21. The predicted octanol–water partition coefficient (Wildman–Crippen LogP) is 3.13. The molecule has 0 radical (unpaired) electrons. The molecule has 88 valence electrons. The largest absolute Gasteiger partial charge is 0.505 e. The molecule has 1 N–H and O–H groups in total. The lowest BCUT2D eigenvalue weighted by Gasteiger charge is -2.24. The van der Waals surface area contributed by atoms with Gasteiger partial charge >= 0.3 is 0 Å². The van der Waals surface area contributed by atoms with Crippen molar-refractivity contribution in [2.24, 2.45) is 0 Å². The van der Waals surface area contributed by atoms with Crippen LogP contribution in [0.1, 0.15) is 32.8 Å². The van der Waals surface area contributed by atoms with Crippen molar-refractivity contribution in [3.8, 4) is 5.75 Å². The first-order valence-electron chi connectivity index (χ1n) is 4.97. The summed E-state index contributed by atoms with van der Waals surface area (Å²) in [5, 5.41) is 20.2. The van der Waals surface area contributed by atoms with Gasteiger partial charge in [-0.2, -0.15) is 0 Å².